The minimum Gasteiger partial charge on any atom is -0.310 e. The summed E-state index contributed by atoms with van der Waals surface area (Å²) in [4.78, 5) is 0. The molecular formula is C15H20N2S. The quantitative estimate of drug-likeness (QED) is 0.902. The molecule has 1 aromatic carbocycles. The first kappa shape index (κ1) is 13.5. The van der Waals surface area contributed by atoms with Gasteiger partial charge in [0, 0.05) is 17.8 Å². The van der Waals surface area contributed by atoms with Crippen LogP contribution in [0.3, 0.4) is 0 Å². The van der Waals surface area contributed by atoms with Crippen molar-refractivity contribution in [2.75, 3.05) is 6.26 Å². The van der Waals surface area contributed by atoms with Crippen molar-refractivity contribution >= 4 is 11.8 Å². The first-order valence-corrected chi connectivity index (χ1v) is 7.86. The molecule has 2 rings (SSSR count). The van der Waals surface area contributed by atoms with E-state index in [1.807, 2.05) is 36.0 Å². The van der Waals surface area contributed by atoms with Gasteiger partial charge in [0.25, 0.3) is 0 Å². The molecule has 0 aromatic heterocycles. The molecule has 0 radical (unpaired) electrons. The van der Waals surface area contributed by atoms with Crippen LogP contribution >= 0.6 is 11.8 Å². The highest BCUT2D eigenvalue weighted by Crippen LogP contribution is 2.27. The first-order valence-electron chi connectivity index (χ1n) is 6.57. The van der Waals surface area contributed by atoms with Gasteiger partial charge in [-0.15, -0.1) is 0 Å². The van der Waals surface area contributed by atoms with Gasteiger partial charge in [-0.2, -0.15) is 17.0 Å². The zero-order valence-corrected chi connectivity index (χ0v) is 11.7. The third-order valence-corrected chi connectivity index (χ3v) is 4.77. The Bertz CT molecular complexity index is 425. The van der Waals surface area contributed by atoms with Gasteiger partial charge in [-0.25, -0.2) is 0 Å². The Balaban J connectivity index is 1.89. The van der Waals surface area contributed by atoms with Crippen LogP contribution in [0.2, 0.25) is 0 Å². The summed E-state index contributed by atoms with van der Waals surface area (Å²) in [5, 5.41) is 13.5. The van der Waals surface area contributed by atoms with Gasteiger partial charge < -0.3 is 5.32 Å². The Morgan fingerprint density at radius 1 is 1.39 bits per heavy atom. The monoisotopic (exact) mass is 260 g/mol. The fourth-order valence-electron chi connectivity index (χ4n) is 2.58. The van der Waals surface area contributed by atoms with E-state index in [4.69, 9.17) is 5.26 Å². The van der Waals surface area contributed by atoms with Crippen molar-refractivity contribution in [1.29, 1.82) is 5.26 Å². The molecule has 3 heteroatoms. The summed E-state index contributed by atoms with van der Waals surface area (Å²) in [5.74, 6) is 0. The molecule has 2 nitrogen and oxygen atoms in total. The standard InChI is InChI=1S/C15H20N2S/c1-18-15-8-4-7-14(9-15)17-11-13-6-3-2-5-12(13)10-16/h2-3,5-6,14-15,17H,4,7-9,11H2,1H3. The number of benzene rings is 1. The molecular weight excluding hydrogens is 240 g/mol. The molecule has 0 bridgehead atoms. The van der Waals surface area contributed by atoms with Crippen molar-refractivity contribution in [3.63, 3.8) is 0 Å². The Hall–Kier alpha value is -0.980. The van der Waals surface area contributed by atoms with Gasteiger partial charge in [0.05, 0.1) is 11.6 Å². The van der Waals surface area contributed by atoms with Crippen molar-refractivity contribution in [2.24, 2.45) is 0 Å². The molecule has 1 N–H and O–H groups in total. The van der Waals surface area contributed by atoms with Crippen LogP contribution in [0, 0.1) is 11.3 Å². The van der Waals surface area contributed by atoms with E-state index in [9.17, 15) is 0 Å². The van der Waals surface area contributed by atoms with E-state index in [0.29, 0.717) is 6.04 Å². The van der Waals surface area contributed by atoms with Crippen LogP contribution < -0.4 is 5.32 Å². The molecule has 0 aliphatic heterocycles. The topological polar surface area (TPSA) is 35.8 Å². The van der Waals surface area contributed by atoms with Crippen LogP contribution in [-0.2, 0) is 6.54 Å². The van der Waals surface area contributed by atoms with Crippen molar-refractivity contribution in [2.45, 2.75) is 43.5 Å². The molecule has 0 heterocycles. The summed E-state index contributed by atoms with van der Waals surface area (Å²) in [5.41, 5.74) is 1.91. The fraction of sp³-hybridized carbons (Fsp3) is 0.533. The second-order valence-electron chi connectivity index (χ2n) is 4.87. The first-order chi connectivity index (χ1) is 8.83. The summed E-state index contributed by atoms with van der Waals surface area (Å²) in [6.07, 6.45) is 7.41. The molecule has 1 aliphatic rings. The van der Waals surface area contributed by atoms with Gasteiger partial charge >= 0.3 is 0 Å². The maximum Gasteiger partial charge on any atom is 0.0995 e. The van der Waals surface area contributed by atoms with Crippen LogP contribution in [0.15, 0.2) is 24.3 Å². The normalized spacial score (nSPS) is 23.6. The molecule has 96 valence electrons. The predicted octanol–water partition coefficient (Wildman–Crippen LogP) is 3.32. The zero-order chi connectivity index (χ0) is 12.8. The number of nitriles is 1. The summed E-state index contributed by atoms with van der Waals surface area (Å²) in [6, 6.07) is 10.7. The third kappa shape index (κ3) is 3.51. The number of nitrogens with zero attached hydrogens (tertiary/aromatic N) is 1. The van der Waals surface area contributed by atoms with E-state index < -0.39 is 0 Å². The maximum absolute atomic E-state index is 9.05. The second kappa shape index (κ2) is 6.82. The van der Waals surface area contributed by atoms with E-state index in [2.05, 4.69) is 17.6 Å². The summed E-state index contributed by atoms with van der Waals surface area (Å²) in [6.45, 7) is 0.815. The minimum atomic E-state index is 0.614. The lowest BCUT2D eigenvalue weighted by molar-refractivity contribution is 0.380. The molecule has 0 saturated heterocycles. The number of hydrogen-bond acceptors (Lipinski definition) is 3. The van der Waals surface area contributed by atoms with Crippen molar-refractivity contribution in [3.05, 3.63) is 35.4 Å². The molecule has 2 atom stereocenters. The number of thioether (sulfide) groups is 1. The van der Waals surface area contributed by atoms with Gasteiger partial charge in [0.15, 0.2) is 0 Å². The van der Waals surface area contributed by atoms with Crippen molar-refractivity contribution in [1.82, 2.24) is 5.32 Å². The van der Waals surface area contributed by atoms with E-state index >= 15 is 0 Å². The van der Waals surface area contributed by atoms with E-state index in [1.165, 1.54) is 25.7 Å². The predicted molar refractivity (Wildman–Crippen MR) is 77.6 cm³/mol. The van der Waals surface area contributed by atoms with Crippen LogP contribution in [0.1, 0.15) is 36.8 Å². The zero-order valence-electron chi connectivity index (χ0n) is 10.9. The largest absolute Gasteiger partial charge is 0.310 e. The smallest absolute Gasteiger partial charge is 0.0995 e. The molecule has 1 aromatic rings. The third-order valence-electron chi connectivity index (χ3n) is 3.68. The number of rotatable bonds is 4. The lowest BCUT2D eigenvalue weighted by atomic mass is 9.94. The van der Waals surface area contributed by atoms with Gasteiger partial charge in [0.2, 0.25) is 0 Å². The molecule has 1 saturated carbocycles. The van der Waals surface area contributed by atoms with Crippen LogP contribution in [-0.4, -0.2) is 17.5 Å². The average molecular weight is 260 g/mol. The summed E-state index contributed by atoms with van der Waals surface area (Å²) >= 11 is 1.99. The highest BCUT2D eigenvalue weighted by Gasteiger charge is 2.20. The van der Waals surface area contributed by atoms with Gasteiger partial charge in [-0.1, -0.05) is 24.6 Å². The SMILES string of the molecule is CSC1CCCC(NCc2ccccc2C#N)C1. The highest BCUT2D eigenvalue weighted by molar-refractivity contribution is 7.99. The minimum absolute atomic E-state index is 0.614. The van der Waals surface area contributed by atoms with Crippen LogP contribution in [0.5, 0.6) is 0 Å². The lowest BCUT2D eigenvalue weighted by Gasteiger charge is -2.28. The molecule has 1 fully saturated rings. The summed E-state index contributed by atoms with van der Waals surface area (Å²) < 4.78 is 0. The van der Waals surface area contributed by atoms with Crippen molar-refractivity contribution in [3.8, 4) is 6.07 Å². The van der Waals surface area contributed by atoms with E-state index in [1.54, 1.807) is 0 Å². The molecule has 0 spiro atoms. The molecule has 0 amide bonds. The van der Waals surface area contributed by atoms with Crippen LogP contribution in [0.4, 0.5) is 0 Å². The van der Waals surface area contributed by atoms with E-state index in [-0.39, 0.29) is 0 Å². The Morgan fingerprint density at radius 2 is 2.22 bits per heavy atom. The van der Waals surface area contributed by atoms with E-state index in [0.717, 1.165) is 22.9 Å². The average Bonchev–Trinajstić information content (AvgIpc) is 2.45. The maximum atomic E-state index is 9.05. The second-order valence-corrected chi connectivity index (χ2v) is 6.01. The number of hydrogen-bond donors (Lipinski definition) is 1. The Labute approximate surface area is 114 Å². The highest BCUT2D eigenvalue weighted by atomic mass is 32.2. The van der Waals surface area contributed by atoms with Crippen LogP contribution in [0.25, 0.3) is 0 Å². The Morgan fingerprint density at radius 3 is 3.00 bits per heavy atom. The van der Waals surface area contributed by atoms with Gasteiger partial charge in [0.1, 0.15) is 0 Å². The van der Waals surface area contributed by atoms with Crippen molar-refractivity contribution < 1.29 is 0 Å². The molecule has 18 heavy (non-hydrogen) atoms. The Kier molecular flexibility index (Phi) is 5.10. The molecule has 2 unspecified atom stereocenters. The number of nitrogens with one attached hydrogen (secondary N) is 1. The molecule has 1 aliphatic carbocycles. The fourth-order valence-corrected chi connectivity index (χ4v) is 3.41. The lowest BCUT2D eigenvalue weighted by Crippen LogP contribution is -2.34. The van der Waals surface area contributed by atoms with Gasteiger partial charge in [-0.05, 0) is 37.1 Å². The van der Waals surface area contributed by atoms with Gasteiger partial charge in [-0.3, -0.25) is 0 Å². The summed E-state index contributed by atoms with van der Waals surface area (Å²) in [7, 11) is 0.